The quantitative estimate of drug-likeness (QED) is 0.510. The third kappa shape index (κ3) is 4.26. The number of rotatable bonds is 5. The Hall–Kier alpha value is -3.55. The third-order valence-corrected chi connectivity index (χ3v) is 5.78. The predicted octanol–water partition coefficient (Wildman–Crippen LogP) is 2.89. The van der Waals surface area contributed by atoms with Crippen LogP contribution in [0.2, 0.25) is 0 Å². The summed E-state index contributed by atoms with van der Waals surface area (Å²) in [7, 11) is 0. The first-order chi connectivity index (χ1) is 15.7. The second-order valence-electron chi connectivity index (χ2n) is 7.99. The van der Waals surface area contributed by atoms with Crippen molar-refractivity contribution < 1.29 is 14.6 Å². The molecule has 1 fully saturated rings. The van der Waals surface area contributed by atoms with Gasteiger partial charge in [0.15, 0.2) is 0 Å². The van der Waals surface area contributed by atoms with E-state index in [9.17, 15) is 9.90 Å². The van der Waals surface area contributed by atoms with E-state index >= 15 is 0 Å². The highest BCUT2D eigenvalue weighted by Gasteiger charge is 2.26. The SMILES string of the molecule is O=C(N[C@H]1CCOC[C@@H]1O)c1cc(Cc2ccc(-n3cccn3)cc2)c2ccccc2n1. The zero-order valence-corrected chi connectivity index (χ0v) is 17.5. The molecule has 0 unspecified atom stereocenters. The normalized spacial score (nSPS) is 18.5. The Labute approximate surface area is 185 Å². The molecular weight excluding hydrogens is 404 g/mol. The summed E-state index contributed by atoms with van der Waals surface area (Å²) < 4.78 is 7.07. The molecular formula is C25H24N4O3. The van der Waals surface area contributed by atoms with Crippen LogP contribution in [0.15, 0.2) is 73.1 Å². The van der Waals surface area contributed by atoms with Gasteiger partial charge in [0.05, 0.1) is 30.0 Å². The first kappa shape index (κ1) is 20.4. The molecule has 2 aromatic heterocycles. The third-order valence-electron chi connectivity index (χ3n) is 5.78. The number of amides is 1. The van der Waals surface area contributed by atoms with Crippen LogP contribution >= 0.6 is 0 Å². The average molecular weight is 428 g/mol. The number of aliphatic hydroxyl groups excluding tert-OH is 1. The van der Waals surface area contributed by atoms with Crippen LogP contribution in [-0.2, 0) is 11.2 Å². The van der Waals surface area contributed by atoms with Crippen LogP contribution in [0.1, 0.15) is 28.0 Å². The van der Waals surface area contributed by atoms with Gasteiger partial charge in [0.1, 0.15) is 5.69 Å². The molecule has 2 N–H and O–H groups in total. The molecule has 7 nitrogen and oxygen atoms in total. The van der Waals surface area contributed by atoms with E-state index in [1.807, 2.05) is 59.4 Å². The lowest BCUT2D eigenvalue weighted by molar-refractivity contribution is -0.0261. The molecule has 0 saturated carbocycles. The summed E-state index contributed by atoms with van der Waals surface area (Å²) in [6.07, 6.45) is 4.20. The second kappa shape index (κ2) is 8.90. The summed E-state index contributed by atoms with van der Waals surface area (Å²) in [4.78, 5) is 17.5. The van der Waals surface area contributed by atoms with Gasteiger partial charge in [-0.2, -0.15) is 5.10 Å². The molecule has 2 atom stereocenters. The molecule has 162 valence electrons. The van der Waals surface area contributed by atoms with Gasteiger partial charge in [-0.25, -0.2) is 9.67 Å². The molecule has 1 aliphatic heterocycles. The Morgan fingerprint density at radius 2 is 2.00 bits per heavy atom. The molecule has 0 aliphatic carbocycles. The number of pyridine rings is 1. The van der Waals surface area contributed by atoms with E-state index in [1.54, 1.807) is 6.20 Å². The van der Waals surface area contributed by atoms with Crippen molar-refractivity contribution >= 4 is 16.8 Å². The summed E-state index contributed by atoms with van der Waals surface area (Å²) in [5.41, 5.74) is 4.28. The minimum Gasteiger partial charge on any atom is -0.389 e. The number of hydrogen-bond acceptors (Lipinski definition) is 5. The van der Waals surface area contributed by atoms with E-state index in [-0.39, 0.29) is 18.6 Å². The lowest BCUT2D eigenvalue weighted by atomic mass is 9.99. The highest BCUT2D eigenvalue weighted by Crippen LogP contribution is 2.22. The number of nitrogens with one attached hydrogen (secondary N) is 1. The Bertz CT molecular complexity index is 1220. The zero-order valence-electron chi connectivity index (χ0n) is 17.5. The van der Waals surface area contributed by atoms with E-state index < -0.39 is 6.10 Å². The van der Waals surface area contributed by atoms with Crippen LogP contribution in [0.4, 0.5) is 0 Å². The lowest BCUT2D eigenvalue weighted by Crippen LogP contribution is -2.48. The van der Waals surface area contributed by atoms with Gasteiger partial charge < -0.3 is 15.2 Å². The Morgan fingerprint density at radius 1 is 1.16 bits per heavy atom. The number of nitrogens with zero attached hydrogens (tertiary/aromatic N) is 3. The van der Waals surface area contributed by atoms with Gasteiger partial charge in [0, 0.05) is 24.4 Å². The number of aliphatic hydroxyl groups is 1. The van der Waals surface area contributed by atoms with Gasteiger partial charge in [-0.05, 0) is 54.3 Å². The van der Waals surface area contributed by atoms with Gasteiger partial charge in [0.2, 0.25) is 0 Å². The molecule has 4 aromatic rings. The molecule has 1 saturated heterocycles. The maximum absolute atomic E-state index is 12.9. The van der Waals surface area contributed by atoms with Crippen molar-refractivity contribution in [3.63, 3.8) is 0 Å². The molecule has 0 bridgehead atoms. The number of aromatic nitrogens is 3. The number of carbonyl (C=O) groups excluding carboxylic acids is 1. The average Bonchev–Trinajstić information content (AvgIpc) is 3.36. The molecule has 7 heteroatoms. The Kier molecular flexibility index (Phi) is 5.66. The van der Waals surface area contributed by atoms with Crippen LogP contribution in [0.3, 0.4) is 0 Å². The van der Waals surface area contributed by atoms with Gasteiger partial charge in [-0.15, -0.1) is 0 Å². The van der Waals surface area contributed by atoms with Gasteiger partial charge in [-0.3, -0.25) is 4.79 Å². The number of hydrogen-bond donors (Lipinski definition) is 2. The fourth-order valence-electron chi connectivity index (χ4n) is 4.05. The standard InChI is InChI=1S/C25H24N4O3/c30-24-16-32-13-10-22(24)28-25(31)23-15-18(20-4-1-2-5-21(20)27-23)14-17-6-8-19(9-7-17)29-12-3-11-26-29/h1-9,11-12,15,22,24,30H,10,13-14,16H2,(H,28,31)/t22-,24-/m0/s1. The van der Waals surface area contributed by atoms with Crippen molar-refractivity contribution in [3.05, 3.63) is 89.9 Å². The van der Waals surface area contributed by atoms with Crippen molar-refractivity contribution in [3.8, 4) is 5.69 Å². The molecule has 2 aromatic carbocycles. The minimum absolute atomic E-state index is 0.232. The molecule has 0 radical (unpaired) electrons. The zero-order chi connectivity index (χ0) is 21.9. The van der Waals surface area contributed by atoms with Gasteiger partial charge >= 0.3 is 0 Å². The fourth-order valence-corrected chi connectivity index (χ4v) is 4.05. The smallest absolute Gasteiger partial charge is 0.270 e. The van der Waals surface area contributed by atoms with Crippen molar-refractivity contribution in [1.29, 1.82) is 0 Å². The number of ether oxygens (including phenoxy) is 1. The molecule has 3 heterocycles. The van der Waals surface area contributed by atoms with Crippen LogP contribution in [0.5, 0.6) is 0 Å². The van der Waals surface area contributed by atoms with E-state index in [0.717, 1.165) is 27.7 Å². The monoisotopic (exact) mass is 428 g/mol. The molecule has 5 rings (SSSR count). The maximum Gasteiger partial charge on any atom is 0.270 e. The topological polar surface area (TPSA) is 89.3 Å². The highest BCUT2D eigenvalue weighted by atomic mass is 16.5. The van der Waals surface area contributed by atoms with E-state index in [4.69, 9.17) is 4.74 Å². The van der Waals surface area contributed by atoms with Gasteiger partial charge in [0.25, 0.3) is 5.91 Å². The molecule has 1 aliphatic rings. The number of carbonyl (C=O) groups is 1. The summed E-state index contributed by atoms with van der Waals surface area (Å²) in [5, 5.41) is 18.3. The first-order valence-electron chi connectivity index (χ1n) is 10.7. The minimum atomic E-state index is -0.707. The van der Waals surface area contributed by atoms with Crippen molar-refractivity contribution in [1.82, 2.24) is 20.1 Å². The summed E-state index contributed by atoms with van der Waals surface area (Å²) in [5.74, 6) is -0.281. The maximum atomic E-state index is 12.9. The fraction of sp³-hybridized carbons (Fsp3) is 0.240. The van der Waals surface area contributed by atoms with Crippen LogP contribution in [0.25, 0.3) is 16.6 Å². The van der Waals surface area contributed by atoms with Crippen LogP contribution < -0.4 is 5.32 Å². The molecule has 0 spiro atoms. The first-order valence-corrected chi connectivity index (χ1v) is 10.7. The van der Waals surface area contributed by atoms with Crippen molar-refractivity contribution in [2.24, 2.45) is 0 Å². The summed E-state index contributed by atoms with van der Waals surface area (Å²) >= 11 is 0. The Morgan fingerprint density at radius 3 is 2.78 bits per heavy atom. The Balaban J connectivity index is 1.42. The summed E-state index contributed by atoms with van der Waals surface area (Å²) in [6.45, 7) is 0.753. The summed E-state index contributed by atoms with van der Waals surface area (Å²) in [6, 6.07) is 19.5. The highest BCUT2D eigenvalue weighted by molar-refractivity contribution is 5.96. The van der Waals surface area contributed by atoms with E-state index in [1.165, 1.54) is 0 Å². The van der Waals surface area contributed by atoms with Gasteiger partial charge in [-0.1, -0.05) is 30.3 Å². The van der Waals surface area contributed by atoms with Crippen molar-refractivity contribution in [2.45, 2.75) is 25.0 Å². The van der Waals surface area contributed by atoms with Crippen LogP contribution in [0, 0.1) is 0 Å². The number of fused-ring (bicyclic) bond motifs is 1. The second-order valence-corrected chi connectivity index (χ2v) is 7.99. The number of benzene rings is 2. The van der Waals surface area contributed by atoms with E-state index in [2.05, 4.69) is 27.5 Å². The number of para-hydroxylation sites is 1. The van der Waals surface area contributed by atoms with Crippen LogP contribution in [-0.4, -0.2) is 51.1 Å². The molecule has 1 amide bonds. The predicted molar refractivity (Wildman–Crippen MR) is 121 cm³/mol. The lowest BCUT2D eigenvalue weighted by Gasteiger charge is -2.28. The van der Waals surface area contributed by atoms with E-state index in [0.29, 0.717) is 25.1 Å². The van der Waals surface area contributed by atoms with Crippen molar-refractivity contribution in [2.75, 3.05) is 13.2 Å². The molecule has 32 heavy (non-hydrogen) atoms. The largest absolute Gasteiger partial charge is 0.389 e.